The zero-order valence-electron chi connectivity index (χ0n) is 12.9. The molecule has 0 amide bonds. The smallest absolute Gasteiger partial charge is 0.113 e. The average Bonchev–Trinajstić information content (AvgIpc) is 2.49. The number of benzene rings is 1. The summed E-state index contributed by atoms with van der Waals surface area (Å²) < 4.78 is 5.86. The number of nitrogens with one attached hydrogen (secondary N) is 1. The molecule has 110 valence electrons. The average molecular weight is 274 g/mol. The lowest BCUT2D eigenvalue weighted by Crippen LogP contribution is -2.26. The topological polar surface area (TPSA) is 24.5 Å². The lowest BCUT2D eigenvalue weighted by Gasteiger charge is -2.25. The van der Waals surface area contributed by atoms with E-state index >= 15 is 0 Å². The summed E-state index contributed by atoms with van der Waals surface area (Å²) in [5.41, 5.74) is 2.50. The molecule has 0 aromatic heterocycles. The Morgan fingerprint density at radius 1 is 1.25 bits per heavy atom. The highest BCUT2D eigenvalue weighted by atomic mass is 16.5. The molecule has 1 N–H and O–H groups in total. The van der Waals surface area contributed by atoms with Crippen molar-refractivity contribution >= 4 is 5.69 Å². The molecule has 0 bridgehead atoms. The second kappa shape index (κ2) is 7.34. The number of allylic oxidation sites excluding steroid dienone is 1. The first-order valence-electron chi connectivity index (χ1n) is 7.56. The maximum Gasteiger partial charge on any atom is 0.113 e. The van der Waals surface area contributed by atoms with E-state index in [1.165, 1.54) is 11.3 Å². The number of hydrogen-bond acceptors (Lipinski definition) is 3. The number of anilines is 1. The highest BCUT2D eigenvalue weighted by molar-refractivity contribution is 5.47. The van der Waals surface area contributed by atoms with Crippen LogP contribution in [0.25, 0.3) is 0 Å². The highest BCUT2D eigenvalue weighted by Gasteiger charge is 2.19. The molecule has 1 aromatic rings. The van der Waals surface area contributed by atoms with Crippen molar-refractivity contribution in [2.75, 3.05) is 32.1 Å². The molecule has 1 aliphatic heterocycles. The summed E-state index contributed by atoms with van der Waals surface area (Å²) in [4.78, 5) is 2.12. The lowest BCUT2D eigenvalue weighted by molar-refractivity contribution is 0.167. The van der Waals surface area contributed by atoms with Gasteiger partial charge in [-0.2, -0.15) is 0 Å². The molecular weight excluding hydrogens is 248 g/mol. The summed E-state index contributed by atoms with van der Waals surface area (Å²) >= 11 is 0. The molecule has 0 saturated carbocycles. The zero-order valence-corrected chi connectivity index (χ0v) is 12.9. The standard InChI is InChI=1S/C17H26N2O/c1-4-12-18-17(16-7-5-6-13-20-16)14-8-10-15(11-9-14)19(2)3/h7-11,17-18H,4-6,12-13H2,1-3H3. The molecule has 1 unspecified atom stereocenters. The van der Waals surface area contributed by atoms with Crippen molar-refractivity contribution in [3.63, 3.8) is 0 Å². The molecule has 3 heteroatoms. The van der Waals surface area contributed by atoms with Crippen molar-refractivity contribution in [2.45, 2.75) is 32.2 Å². The Kier molecular flexibility index (Phi) is 5.48. The predicted octanol–water partition coefficient (Wildman–Crippen LogP) is 3.49. The Hall–Kier alpha value is -1.48. The SMILES string of the molecule is CCCNC(C1=CCCCO1)c1ccc(N(C)C)cc1. The van der Waals surface area contributed by atoms with Crippen molar-refractivity contribution in [3.8, 4) is 0 Å². The van der Waals surface area contributed by atoms with Gasteiger partial charge in [-0.3, -0.25) is 0 Å². The van der Waals surface area contributed by atoms with Crippen LogP contribution in [0.4, 0.5) is 5.69 Å². The molecule has 2 rings (SSSR count). The summed E-state index contributed by atoms with van der Waals surface area (Å²) in [7, 11) is 4.13. The summed E-state index contributed by atoms with van der Waals surface area (Å²) in [5, 5.41) is 3.60. The van der Waals surface area contributed by atoms with E-state index in [2.05, 4.69) is 61.6 Å². The van der Waals surface area contributed by atoms with Gasteiger partial charge < -0.3 is 15.0 Å². The van der Waals surface area contributed by atoms with Crippen molar-refractivity contribution in [2.24, 2.45) is 0 Å². The second-order valence-corrected chi connectivity index (χ2v) is 5.47. The van der Waals surface area contributed by atoms with E-state index < -0.39 is 0 Å². The summed E-state index contributed by atoms with van der Waals surface area (Å²) in [6.07, 6.45) is 5.61. The molecule has 1 atom stereocenters. The Morgan fingerprint density at radius 2 is 2.00 bits per heavy atom. The molecule has 0 spiro atoms. The van der Waals surface area contributed by atoms with Gasteiger partial charge in [-0.15, -0.1) is 0 Å². The van der Waals surface area contributed by atoms with Gasteiger partial charge in [0.1, 0.15) is 5.76 Å². The molecule has 0 saturated heterocycles. The minimum Gasteiger partial charge on any atom is -0.496 e. The Labute approximate surface area is 122 Å². The van der Waals surface area contributed by atoms with Crippen LogP contribution in [0, 0.1) is 0 Å². The van der Waals surface area contributed by atoms with Crippen molar-refractivity contribution in [3.05, 3.63) is 41.7 Å². The lowest BCUT2D eigenvalue weighted by atomic mass is 10.0. The van der Waals surface area contributed by atoms with Crippen LogP contribution in [0.1, 0.15) is 37.8 Å². The Balaban J connectivity index is 2.18. The van der Waals surface area contributed by atoms with Crippen LogP contribution in [0.5, 0.6) is 0 Å². The van der Waals surface area contributed by atoms with E-state index in [4.69, 9.17) is 4.74 Å². The normalized spacial score (nSPS) is 16.2. The van der Waals surface area contributed by atoms with Crippen molar-refractivity contribution in [1.29, 1.82) is 0 Å². The quantitative estimate of drug-likeness (QED) is 0.859. The van der Waals surface area contributed by atoms with Crippen LogP contribution >= 0.6 is 0 Å². The first-order chi connectivity index (χ1) is 9.72. The van der Waals surface area contributed by atoms with E-state index in [1.54, 1.807) is 0 Å². The number of nitrogens with zero attached hydrogens (tertiary/aromatic N) is 1. The third kappa shape index (κ3) is 3.76. The van der Waals surface area contributed by atoms with Gasteiger partial charge in [0.25, 0.3) is 0 Å². The molecule has 20 heavy (non-hydrogen) atoms. The van der Waals surface area contributed by atoms with Crippen LogP contribution in [0.15, 0.2) is 36.1 Å². The molecule has 0 fully saturated rings. The minimum absolute atomic E-state index is 0.187. The van der Waals surface area contributed by atoms with Crippen LogP contribution in [-0.2, 0) is 4.74 Å². The van der Waals surface area contributed by atoms with Gasteiger partial charge in [0.2, 0.25) is 0 Å². The van der Waals surface area contributed by atoms with Crippen LogP contribution in [0.3, 0.4) is 0 Å². The van der Waals surface area contributed by atoms with E-state index in [-0.39, 0.29) is 6.04 Å². The third-order valence-corrected chi connectivity index (χ3v) is 3.59. The van der Waals surface area contributed by atoms with Gasteiger partial charge in [0.05, 0.1) is 12.6 Å². The van der Waals surface area contributed by atoms with Crippen LogP contribution < -0.4 is 10.2 Å². The molecule has 1 aromatic carbocycles. The van der Waals surface area contributed by atoms with Gasteiger partial charge in [0, 0.05) is 19.8 Å². The summed E-state index contributed by atoms with van der Waals surface area (Å²) in [5.74, 6) is 1.09. The maximum atomic E-state index is 5.86. The van der Waals surface area contributed by atoms with Crippen molar-refractivity contribution < 1.29 is 4.74 Å². The Morgan fingerprint density at radius 3 is 2.55 bits per heavy atom. The fourth-order valence-electron chi connectivity index (χ4n) is 2.41. The van der Waals surface area contributed by atoms with Gasteiger partial charge in [-0.1, -0.05) is 19.1 Å². The minimum atomic E-state index is 0.187. The number of ether oxygens (including phenoxy) is 1. The van der Waals surface area contributed by atoms with E-state index in [0.717, 1.165) is 38.2 Å². The number of rotatable bonds is 6. The fraction of sp³-hybridized carbons (Fsp3) is 0.529. The second-order valence-electron chi connectivity index (χ2n) is 5.47. The number of hydrogen-bond donors (Lipinski definition) is 1. The summed E-state index contributed by atoms with van der Waals surface area (Å²) in [6.45, 7) is 4.03. The van der Waals surface area contributed by atoms with Crippen molar-refractivity contribution in [1.82, 2.24) is 5.32 Å². The molecule has 0 aliphatic carbocycles. The molecule has 3 nitrogen and oxygen atoms in total. The van der Waals surface area contributed by atoms with Gasteiger partial charge in [0.15, 0.2) is 0 Å². The van der Waals surface area contributed by atoms with Crippen LogP contribution in [-0.4, -0.2) is 27.2 Å². The largest absolute Gasteiger partial charge is 0.496 e. The van der Waals surface area contributed by atoms with Crippen LogP contribution in [0.2, 0.25) is 0 Å². The first-order valence-corrected chi connectivity index (χ1v) is 7.56. The highest BCUT2D eigenvalue weighted by Crippen LogP contribution is 2.27. The van der Waals surface area contributed by atoms with Gasteiger partial charge >= 0.3 is 0 Å². The zero-order chi connectivity index (χ0) is 14.4. The van der Waals surface area contributed by atoms with E-state index in [1.807, 2.05) is 0 Å². The molecule has 0 radical (unpaired) electrons. The third-order valence-electron chi connectivity index (χ3n) is 3.59. The molecule has 1 heterocycles. The van der Waals surface area contributed by atoms with E-state index in [0.29, 0.717) is 0 Å². The molecular formula is C17H26N2O. The van der Waals surface area contributed by atoms with Gasteiger partial charge in [-0.05, 0) is 49.6 Å². The Bertz CT molecular complexity index is 437. The maximum absolute atomic E-state index is 5.86. The molecule has 1 aliphatic rings. The van der Waals surface area contributed by atoms with Gasteiger partial charge in [-0.25, -0.2) is 0 Å². The monoisotopic (exact) mass is 274 g/mol. The predicted molar refractivity (Wildman–Crippen MR) is 85.1 cm³/mol. The fourth-order valence-corrected chi connectivity index (χ4v) is 2.41. The van der Waals surface area contributed by atoms with E-state index in [9.17, 15) is 0 Å². The summed E-state index contributed by atoms with van der Waals surface area (Å²) in [6, 6.07) is 8.91. The first kappa shape index (κ1) is 14.9.